The molecule has 0 aromatic rings. The van der Waals surface area contributed by atoms with Gasteiger partial charge >= 0.3 is 0 Å². The molecule has 4 heteroatoms. The third-order valence-electron chi connectivity index (χ3n) is 5.06. The number of rotatable bonds is 5. The zero-order valence-corrected chi connectivity index (χ0v) is 14.9. The van der Waals surface area contributed by atoms with Crippen LogP contribution in [0.15, 0.2) is 0 Å². The molecular weight excluding hydrogens is 270 g/mol. The summed E-state index contributed by atoms with van der Waals surface area (Å²) in [5.41, 5.74) is 0.197. The van der Waals surface area contributed by atoms with Gasteiger partial charge in [0.1, 0.15) is 0 Å². The van der Waals surface area contributed by atoms with Crippen molar-refractivity contribution in [3.63, 3.8) is 0 Å². The van der Waals surface area contributed by atoms with Crippen molar-refractivity contribution in [1.82, 2.24) is 5.32 Å². The van der Waals surface area contributed by atoms with E-state index in [-0.39, 0.29) is 22.6 Å². The summed E-state index contributed by atoms with van der Waals surface area (Å²) in [7, 11) is -1.11. The molecule has 1 saturated carbocycles. The van der Waals surface area contributed by atoms with Gasteiger partial charge in [-0.05, 0) is 43.6 Å². The van der Waals surface area contributed by atoms with Crippen molar-refractivity contribution >= 4 is 9.84 Å². The van der Waals surface area contributed by atoms with Crippen LogP contribution in [-0.2, 0) is 9.84 Å². The van der Waals surface area contributed by atoms with Crippen LogP contribution in [0.1, 0.15) is 60.3 Å². The molecule has 0 aromatic heterocycles. The second-order valence-electron chi connectivity index (χ2n) is 7.65. The maximum atomic E-state index is 12.8. The quantitative estimate of drug-likeness (QED) is 0.848. The highest BCUT2D eigenvalue weighted by atomic mass is 32.2. The Labute approximate surface area is 125 Å². The maximum Gasteiger partial charge on any atom is 0.154 e. The maximum absolute atomic E-state index is 12.8. The second-order valence-corrected chi connectivity index (χ2v) is 9.92. The molecule has 0 amide bonds. The summed E-state index contributed by atoms with van der Waals surface area (Å²) < 4.78 is 25.5. The molecular formula is C16H33NO2S. The summed E-state index contributed by atoms with van der Waals surface area (Å²) in [6.07, 6.45) is 3.85. The van der Waals surface area contributed by atoms with Crippen LogP contribution in [0.2, 0.25) is 0 Å². The molecule has 4 unspecified atom stereocenters. The van der Waals surface area contributed by atoms with Gasteiger partial charge in [0.15, 0.2) is 9.84 Å². The molecule has 120 valence electrons. The van der Waals surface area contributed by atoms with Crippen molar-refractivity contribution in [2.45, 2.75) is 71.6 Å². The van der Waals surface area contributed by atoms with E-state index in [1.54, 1.807) is 0 Å². The molecule has 0 aliphatic heterocycles. The van der Waals surface area contributed by atoms with Gasteiger partial charge < -0.3 is 5.32 Å². The van der Waals surface area contributed by atoms with Crippen LogP contribution in [0.25, 0.3) is 0 Å². The van der Waals surface area contributed by atoms with Crippen LogP contribution in [0.3, 0.4) is 0 Å². The van der Waals surface area contributed by atoms with Crippen LogP contribution in [-0.4, -0.2) is 32.5 Å². The van der Waals surface area contributed by atoms with Crippen LogP contribution < -0.4 is 5.32 Å². The van der Waals surface area contributed by atoms with Crippen LogP contribution in [0, 0.1) is 17.3 Å². The minimum absolute atomic E-state index is 0.127. The Balaban J connectivity index is 2.91. The van der Waals surface area contributed by atoms with E-state index in [1.165, 1.54) is 0 Å². The fourth-order valence-corrected chi connectivity index (χ4v) is 5.86. The van der Waals surface area contributed by atoms with Crippen LogP contribution in [0.5, 0.6) is 0 Å². The molecule has 1 N–H and O–H groups in total. The van der Waals surface area contributed by atoms with Crippen molar-refractivity contribution in [2.24, 2.45) is 17.3 Å². The Kier molecular flexibility index (Phi) is 6.09. The van der Waals surface area contributed by atoms with E-state index in [0.29, 0.717) is 11.7 Å². The van der Waals surface area contributed by atoms with E-state index in [4.69, 9.17) is 0 Å². The largest absolute Gasteiger partial charge is 0.316 e. The lowest BCUT2D eigenvalue weighted by molar-refractivity contribution is 0.164. The van der Waals surface area contributed by atoms with E-state index in [0.717, 1.165) is 25.7 Å². The van der Waals surface area contributed by atoms with Gasteiger partial charge in [0.05, 0.1) is 11.0 Å². The van der Waals surface area contributed by atoms with Gasteiger partial charge in [-0.1, -0.05) is 41.0 Å². The van der Waals surface area contributed by atoms with Gasteiger partial charge in [-0.2, -0.15) is 0 Å². The minimum atomic E-state index is -3.01. The average molecular weight is 304 g/mol. The Morgan fingerprint density at radius 2 is 1.85 bits per heavy atom. The molecule has 0 heterocycles. The van der Waals surface area contributed by atoms with Gasteiger partial charge in [0.25, 0.3) is 0 Å². The lowest BCUT2D eigenvalue weighted by Gasteiger charge is -2.41. The molecule has 0 saturated heterocycles. The van der Waals surface area contributed by atoms with E-state index < -0.39 is 9.84 Å². The van der Waals surface area contributed by atoms with Gasteiger partial charge in [-0.3, -0.25) is 0 Å². The predicted octanol–water partition coefficient (Wildman–Crippen LogP) is 3.25. The first-order valence-electron chi connectivity index (χ1n) is 8.00. The molecule has 0 bridgehead atoms. The van der Waals surface area contributed by atoms with E-state index in [2.05, 4.69) is 33.0 Å². The van der Waals surface area contributed by atoms with Gasteiger partial charge in [-0.15, -0.1) is 0 Å². The molecule has 4 atom stereocenters. The summed E-state index contributed by atoms with van der Waals surface area (Å²) in [6.45, 7) is 10.8. The number of hydrogen-bond acceptors (Lipinski definition) is 3. The Morgan fingerprint density at radius 3 is 2.30 bits per heavy atom. The minimum Gasteiger partial charge on any atom is -0.316 e. The number of hydrogen-bond donors (Lipinski definition) is 1. The molecule has 0 spiro atoms. The molecule has 1 fully saturated rings. The molecule has 20 heavy (non-hydrogen) atoms. The fraction of sp³-hybridized carbons (Fsp3) is 1.00. The summed E-state index contributed by atoms with van der Waals surface area (Å²) in [4.78, 5) is 0. The third kappa shape index (κ3) is 4.45. The number of sulfone groups is 1. The van der Waals surface area contributed by atoms with E-state index in [9.17, 15) is 8.42 Å². The van der Waals surface area contributed by atoms with Crippen molar-refractivity contribution in [1.29, 1.82) is 0 Å². The first-order chi connectivity index (χ1) is 9.11. The molecule has 1 aliphatic carbocycles. The summed E-state index contributed by atoms with van der Waals surface area (Å²) in [6, 6.07) is 0.127. The molecule has 3 nitrogen and oxygen atoms in total. The average Bonchev–Trinajstić information content (AvgIpc) is 2.36. The van der Waals surface area contributed by atoms with E-state index in [1.807, 2.05) is 14.0 Å². The molecule has 0 aromatic carbocycles. The standard InChI is InChI=1S/C16H33NO2S/c1-7-12(2)11-20(18,19)15-10-13(16(3,4)5)8-9-14(15)17-6/h12-15,17H,7-11H2,1-6H3. The molecule has 0 radical (unpaired) electrons. The first-order valence-corrected chi connectivity index (χ1v) is 9.72. The second kappa shape index (κ2) is 6.78. The van der Waals surface area contributed by atoms with Crippen molar-refractivity contribution in [3.8, 4) is 0 Å². The summed E-state index contributed by atoms with van der Waals surface area (Å²) in [5.74, 6) is 1.10. The lowest BCUT2D eigenvalue weighted by Crippen LogP contribution is -2.49. The van der Waals surface area contributed by atoms with E-state index >= 15 is 0 Å². The monoisotopic (exact) mass is 303 g/mol. The highest BCUT2D eigenvalue weighted by molar-refractivity contribution is 7.92. The molecule has 1 aliphatic rings. The lowest BCUT2D eigenvalue weighted by atomic mass is 9.71. The zero-order chi connectivity index (χ0) is 15.6. The van der Waals surface area contributed by atoms with Crippen LogP contribution >= 0.6 is 0 Å². The highest BCUT2D eigenvalue weighted by Gasteiger charge is 2.41. The highest BCUT2D eigenvalue weighted by Crippen LogP contribution is 2.40. The Morgan fingerprint density at radius 1 is 1.25 bits per heavy atom. The van der Waals surface area contributed by atoms with Gasteiger partial charge in [-0.25, -0.2) is 8.42 Å². The zero-order valence-electron chi connectivity index (χ0n) is 14.1. The smallest absolute Gasteiger partial charge is 0.154 e. The summed E-state index contributed by atoms with van der Waals surface area (Å²) >= 11 is 0. The third-order valence-corrected chi connectivity index (χ3v) is 7.54. The summed E-state index contributed by atoms with van der Waals surface area (Å²) in [5, 5.41) is 3.04. The topological polar surface area (TPSA) is 46.2 Å². The first kappa shape index (κ1) is 18.0. The van der Waals surface area contributed by atoms with Crippen molar-refractivity contribution in [3.05, 3.63) is 0 Å². The Bertz CT molecular complexity index is 397. The van der Waals surface area contributed by atoms with Gasteiger partial charge in [0, 0.05) is 6.04 Å². The fourth-order valence-electron chi connectivity index (χ4n) is 3.28. The SMILES string of the molecule is CCC(C)CS(=O)(=O)C1CC(C(C)(C)C)CCC1NC. The van der Waals surface area contributed by atoms with Crippen molar-refractivity contribution < 1.29 is 8.42 Å². The Hall–Kier alpha value is -0.0900. The van der Waals surface area contributed by atoms with Crippen LogP contribution in [0.4, 0.5) is 0 Å². The molecule has 1 rings (SSSR count). The normalized spacial score (nSPS) is 30.2. The van der Waals surface area contributed by atoms with Crippen molar-refractivity contribution in [2.75, 3.05) is 12.8 Å². The number of nitrogens with one attached hydrogen (secondary N) is 1. The predicted molar refractivity (Wildman–Crippen MR) is 86.7 cm³/mol. The van der Waals surface area contributed by atoms with Gasteiger partial charge in [0.2, 0.25) is 0 Å².